The molecule has 10 aromatic rings. The number of nitrogens with zero attached hydrogens (tertiary/aromatic N) is 14. The van der Waals surface area contributed by atoms with Gasteiger partial charge in [-0.1, -0.05) is 164 Å². The molecule has 10 aromatic carbocycles. The standard InChI is InChI=1S/C40H46N6O6.C40H46N6O4.C26H33N5O3/c1-42(2)35-15-13-33(31-10-6-7-11-32(31)35)36-23-30-25-44(24-29-12-14-34(41-52-49)37(22-29)51-26-28-8-4-3-5-9-28)27-40(30)38(47)45(39(48)46(36)40)17-16-43-18-20-50-21-19-43;1-42(2)35-15-13-33(31-10-6-7-11-32(31)35)36-23-30-25-44(24-29-12-14-34(41)37(22-29)50-26-28-8-4-3-5-9-28)27-40(30)38(47)45(39(48)46(36)40)17-16-43-18-20-49-21-19-43;1-28(2)22-8-7-21(19-5-3-4-6-20(19)22)23-15-18-16-27-17-26(18)24(32)30(25(33)31(23)26)10-9-29-11-13-34-14-12-29/h3-15,22,30,36,41,49H,16-21,23-27H2,1-2H3;3-15,22,30,36H,16-21,23-27,41H2,1-2H3;3-8,18,23,27H,9-17H2,1-2H3/t2*30-,36-,40+;18-,23-,26+/m111/s1. The second kappa shape index (κ2) is 38.9. The average Bonchev–Trinajstić information content (AvgIpc) is 1.52. The van der Waals surface area contributed by atoms with Crippen molar-refractivity contribution in [3.63, 3.8) is 0 Å². The van der Waals surface area contributed by atoms with Gasteiger partial charge >= 0.3 is 18.1 Å². The first kappa shape index (κ1) is 91.7. The number of nitrogen functional groups attached to an aromatic ring is 1. The van der Waals surface area contributed by atoms with E-state index < -0.39 is 16.6 Å². The normalized spacial score (nSPS) is 25.0. The predicted octanol–water partition coefficient (Wildman–Crippen LogP) is 12.1. The molecule has 0 saturated carbocycles. The van der Waals surface area contributed by atoms with Crippen LogP contribution in [0, 0.1) is 17.8 Å². The second-order valence-corrected chi connectivity index (χ2v) is 39.1. The number of hydrogen-bond acceptors (Lipinski definition) is 24. The molecule has 12 saturated heterocycles. The van der Waals surface area contributed by atoms with Crippen LogP contribution in [0.25, 0.3) is 32.3 Å². The Balaban J connectivity index is 0.000000129. The van der Waals surface area contributed by atoms with Crippen molar-refractivity contribution in [3.05, 3.63) is 245 Å². The fourth-order valence-corrected chi connectivity index (χ4v) is 24.2. The Morgan fingerprint density at radius 3 is 1.15 bits per heavy atom. The number of carbonyl (C=O) groups is 6. The molecule has 0 radical (unpaired) electrons. The first-order valence-corrected chi connectivity index (χ1v) is 48.2. The minimum absolute atomic E-state index is 0.00667. The van der Waals surface area contributed by atoms with Gasteiger partial charge in [-0.05, 0) is 117 Å². The summed E-state index contributed by atoms with van der Waals surface area (Å²) >= 11 is 0. The van der Waals surface area contributed by atoms with Crippen molar-refractivity contribution in [2.24, 2.45) is 17.8 Å². The fourth-order valence-electron chi connectivity index (χ4n) is 24.2. The van der Waals surface area contributed by atoms with Crippen LogP contribution in [-0.4, -0.2) is 311 Å². The maximum Gasteiger partial charge on any atom is 0.328 e. The lowest BCUT2D eigenvalue weighted by Gasteiger charge is -2.33. The number of benzene rings is 10. The summed E-state index contributed by atoms with van der Waals surface area (Å²) in [6, 6.07) is 68.7. The van der Waals surface area contributed by atoms with E-state index in [2.05, 4.69) is 192 Å². The van der Waals surface area contributed by atoms with Gasteiger partial charge in [0, 0.05) is 224 Å². The lowest BCUT2D eigenvalue weighted by molar-refractivity contribution is -0.215. The number of nitrogens with two attached hydrogens (primary N) is 1. The lowest BCUT2D eigenvalue weighted by atomic mass is 9.87. The molecule has 5 N–H and O–H groups in total. The van der Waals surface area contributed by atoms with Crippen LogP contribution in [0.1, 0.15) is 76.3 Å². The van der Waals surface area contributed by atoms with Crippen LogP contribution in [0.5, 0.6) is 11.5 Å². The number of anilines is 5. The number of nitrogens with one attached hydrogen (secondary N) is 2. The van der Waals surface area contributed by atoms with E-state index in [0.29, 0.717) is 161 Å². The van der Waals surface area contributed by atoms with E-state index in [1.165, 1.54) is 15.2 Å². The van der Waals surface area contributed by atoms with Crippen molar-refractivity contribution in [1.29, 1.82) is 0 Å². The molecule has 0 aromatic heterocycles. The van der Waals surface area contributed by atoms with Crippen molar-refractivity contribution in [2.75, 3.05) is 226 Å². The summed E-state index contributed by atoms with van der Waals surface area (Å²) in [7, 11) is 12.3. The smallest absolute Gasteiger partial charge is 0.328 e. The van der Waals surface area contributed by atoms with Gasteiger partial charge in [-0.2, -0.15) is 0 Å². The maximum atomic E-state index is 14.8. The zero-order valence-corrected chi connectivity index (χ0v) is 78.7. The first-order valence-electron chi connectivity index (χ1n) is 48.2. The molecule has 0 unspecified atom stereocenters. The van der Waals surface area contributed by atoms with Crippen molar-refractivity contribution in [2.45, 2.75) is 80.3 Å². The maximum absolute atomic E-state index is 14.8. The number of hydrogen-bond donors (Lipinski definition) is 4. The van der Waals surface area contributed by atoms with Gasteiger partial charge in [0.1, 0.15) is 47.0 Å². The van der Waals surface area contributed by atoms with Gasteiger partial charge < -0.3 is 64.1 Å². The molecule has 9 atom stereocenters. The van der Waals surface area contributed by atoms with Crippen molar-refractivity contribution < 1.29 is 62.7 Å². The van der Waals surface area contributed by atoms with E-state index in [9.17, 15) is 28.8 Å². The van der Waals surface area contributed by atoms with Crippen LogP contribution in [0.15, 0.2) is 206 Å². The topological polar surface area (TPSA) is 273 Å². The summed E-state index contributed by atoms with van der Waals surface area (Å²) in [4.78, 5) is 119. The Morgan fingerprint density at radius 2 is 0.750 bits per heavy atom. The molecule has 0 aliphatic carbocycles. The molecule has 136 heavy (non-hydrogen) atoms. The van der Waals surface area contributed by atoms with Crippen LogP contribution >= 0.6 is 0 Å². The monoisotopic (exact) mass is 1840 g/mol. The number of rotatable bonds is 27. The van der Waals surface area contributed by atoms with Gasteiger partial charge in [0.2, 0.25) is 0 Å². The fraction of sp³-hybridized carbons (Fsp3) is 0.434. The van der Waals surface area contributed by atoms with E-state index in [4.69, 9.17) is 34.7 Å². The third kappa shape index (κ3) is 16.9. The Bertz CT molecular complexity index is 6100. The molecule has 30 heteroatoms. The number of amides is 9. The second-order valence-electron chi connectivity index (χ2n) is 39.1. The van der Waals surface area contributed by atoms with E-state index in [1.807, 2.05) is 126 Å². The zero-order chi connectivity index (χ0) is 93.7. The summed E-state index contributed by atoms with van der Waals surface area (Å²) in [5, 5.41) is 19.4. The van der Waals surface area contributed by atoms with E-state index in [1.54, 1.807) is 4.90 Å². The van der Waals surface area contributed by atoms with Gasteiger partial charge in [0.25, 0.3) is 17.7 Å². The van der Waals surface area contributed by atoms with Gasteiger partial charge in [0.05, 0.1) is 63.5 Å². The highest BCUT2D eigenvalue weighted by Gasteiger charge is 2.73. The van der Waals surface area contributed by atoms with E-state index in [0.717, 1.165) is 148 Å². The largest absolute Gasteiger partial charge is 0.487 e. The van der Waals surface area contributed by atoms with E-state index >= 15 is 0 Å². The Morgan fingerprint density at radius 1 is 0.397 bits per heavy atom. The summed E-state index contributed by atoms with van der Waals surface area (Å²) < 4.78 is 28.8. The van der Waals surface area contributed by atoms with Gasteiger partial charge in [-0.15, -0.1) is 4.99 Å². The highest BCUT2D eigenvalue weighted by Crippen LogP contribution is 2.60. The van der Waals surface area contributed by atoms with Crippen LogP contribution < -0.4 is 40.7 Å². The van der Waals surface area contributed by atoms with Crippen molar-refractivity contribution >= 4 is 96.6 Å². The molecule has 30 nitrogen and oxygen atoms in total. The third-order valence-corrected chi connectivity index (χ3v) is 30.7. The number of likely N-dealkylation sites (tertiary alicyclic amines) is 2. The zero-order valence-electron chi connectivity index (χ0n) is 78.7. The minimum Gasteiger partial charge on any atom is -0.487 e. The molecule has 12 fully saturated rings. The SMILES string of the molecule is CN(C)c1ccc([C@H]2C[C@@H]3CN(Cc4ccc(N)c(OCc5ccccc5)c4)C[C@@]34C(=O)N(CCN3CCOCC3)C(=O)N24)c2ccccc12.CN(C)c1ccc([C@H]2C[C@@H]3CN(Cc4ccc(NOO)c(OCc5ccccc5)c4)C[C@@]34C(=O)N(CCN3CCOCC3)C(=O)N24)c2ccccc12.CN(C)c1ccc([C@H]2C[C@@H]3CNC[C@@]34C(=O)N(CCN3CCOCC3)C(=O)N24)c2ccccc12. The molecule has 12 aliphatic rings. The predicted molar refractivity (Wildman–Crippen MR) is 524 cm³/mol. The average molecular weight is 1850 g/mol. The van der Waals surface area contributed by atoms with Crippen molar-refractivity contribution in [1.82, 2.24) is 59.2 Å². The lowest BCUT2D eigenvalue weighted by Crippen LogP contribution is -2.51. The number of carbonyl (C=O) groups excluding carboxylic acids is 6. The summed E-state index contributed by atoms with van der Waals surface area (Å²) in [5.74, 6) is 1.14. The van der Waals surface area contributed by atoms with Crippen LogP contribution in [0.3, 0.4) is 0 Å². The molecular formula is C106H125N17O13. The molecule has 22 rings (SSSR count). The minimum atomic E-state index is -0.951. The van der Waals surface area contributed by atoms with E-state index in [-0.39, 0.29) is 71.7 Å². The summed E-state index contributed by atoms with van der Waals surface area (Å²) in [5.41, 5.74) is 18.2. The van der Waals surface area contributed by atoms with Crippen molar-refractivity contribution in [3.8, 4) is 11.5 Å². The molecule has 9 amide bonds. The number of fused-ring (bicyclic) bond motifs is 3. The van der Waals surface area contributed by atoms with Gasteiger partial charge in [-0.25, -0.2) is 25.1 Å². The summed E-state index contributed by atoms with van der Waals surface area (Å²) in [6.45, 7) is 17.8. The summed E-state index contributed by atoms with van der Waals surface area (Å²) in [6.07, 6.45) is 2.26. The Kier molecular flexibility index (Phi) is 26.2. The van der Waals surface area contributed by atoms with Gasteiger partial charge in [0.15, 0.2) is 0 Å². The highest BCUT2D eigenvalue weighted by molar-refractivity contribution is 6.11. The van der Waals surface area contributed by atoms with Crippen LogP contribution in [0.2, 0.25) is 0 Å². The number of ether oxygens (including phenoxy) is 5. The highest BCUT2D eigenvalue weighted by atomic mass is 17.2. The van der Waals surface area contributed by atoms with Crippen LogP contribution in [-0.2, 0) is 59.9 Å². The third-order valence-electron chi connectivity index (χ3n) is 30.7. The molecular weight excluding hydrogens is 1720 g/mol. The number of urea groups is 3. The van der Waals surface area contributed by atoms with Gasteiger partial charge in [-0.3, -0.25) is 53.6 Å². The molecule has 3 spiro atoms. The Labute approximate surface area is 794 Å². The number of imide groups is 3. The quantitative estimate of drug-likeness (QED) is 0.0161. The molecule has 12 aliphatic heterocycles. The Hall–Kier alpha value is -12.0. The molecule has 12 heterocycles. The molecule has 712 valence electrons. The number of morpholine rings is 3. The first-order chi connectivity index (χ1) is 66.2. The van der Waals surface area contributed by atoms with Crippen LogP contribution in [0.4, 0.5) is 42.8 Å². The molecule has 0 bridgehead atoms.